The molecule has 304 valence electrons. The first-order valence-electron chi connectivity index (χ1n) is 18.8. The molecule has 0 radical (unpaired) electrons. The van der Waals surface area contributed by atoms with Gasteiger partial charge in [-0.3, -0.25) is 19.3 Å². The number of carbonyl (C=O) groups is 2. The molecule has 2 amide bonds. The molecule has 0 saturated carbocycles. The number of hydrogen-bond acceptors (Lipinski definition) is 10. The van der Waals surface area contributed by atoms with E-state index in [4.69, 9.17) is 12.2 Å². The van der Waals surface area contributed by atoms with Gasteiger partial charge in [-0.2, -0.15) is 10.2 Å². The molecule has 4 aromatic carbocycles. The van der Waals surface area contributed by atoms with Crippen molar-refractivity contribution in [3.05, 3.63) is 110 Å². The monoisotopic (exact) mass is 808 g/mol. The Bertz CT molecular complexity index is 2380. The minimum atomic E-state index is -0.477. The van der Waals surface area contributed by atoms with Crippen molar-refractivity contribution in [2.75, 3.05) is 27.2 Å². The molecule has 6 N–H and O–H groups in total. The van der Waals surface area contributed by atoms with Crippen LogP contribution in [0.3, 0.4) is 0 Å². The number of unbranched alkanes of at least 4 members (excludes halogenated alkanes) is 2. The Labute approximate surface area is 340 Å². The number of nitrogens with one attached hydrogen (secondary N) is 2. The lowest BCUT2D eigenvalue weighted by Crippen LogP contribution is -2.27. The number of rotatable bonds is 12. The van der Waals surface area contributed by atoms with Crippen molar-refractivity contribution in [2.24, 2.45) is 0 Å². The Kier molecular flexibility index (Phi) is 13.6. The number of H-pyrrole nitrogens is 2. The standard InChI is InChI=1S/C21H24N4O4.C21H24N4O3S/c2*1-4-5-10-24(3)20(28)15-11-14(17(26)12-18(15)27)19-22-23-21(29)25(19)16-9-7-6-8-13(16)2/h2*6-9,11-12,26-27H,4-5,10H2,1-3H3,(H,23,29). The summed E-state index contributed by atoms with van der Waals surface area (Å²) >= 11 is 5.40. The second-order valence-corrected chi connectivity index (χ2v) is 14.3. The van der Waals surface area contributed by atoms with Gasteiger partial charge >= 0.3 is 5.69 Å². The van der Waals surface area contributed by atoms with Crippen molar-refractivity contribution >= 4 is 24.0 Å². The Morgan fingerprint density at radius 1 is 0.655 bits per heavy atom. The average Bonchev–Trinajstić information content (AvgIpc) is 3.77. The number of phenolic OH excluding ortho intramolecular Hbond substituents is 4. The number of nitrogens with zero attached hydrogens (tertiary/aromatic N) is 6. The second kappa shape index (κ2) is 18.5. The van der Waals surface area contributed by atoms with Crippen molar-refractivity contribution in [1.29, 1.82) is 0 Å². The van der Waals surface area contributed by atoms with Gasteiger partial charge in [0.25, 0.3) is 11.8 Å². The van der Waals surface area contributed by atoms with E-state index in [1.165, 1.54) is 21.6 Å². The molecule has 15 nitrogen and oxygen atoms in total. The molecule has 58 heavy (non-hydrogen) atoms. The van der Waals surface area contributed by atoms with Gasteiger partial charge in [0.1, 0.15) is 23.0 Å². The van der Waals surface area contributed by atoms with Gasteiger partial charge in [-0.15, -0.1) is 0 Å². The second-order valence-electron chi connectivity index (χ2n) is 13.9. The lowest BCUT2D eigenvalue weighted by Gasteiger charge is -2.18. The SMILES string of the molecule is CCCCN(C)C(=O)c1cc(-c2n[nH]c(=O)n2-c2ccccc2C)c(O)cc1O.CCCCN(C)C(=O)c1cc(-c2n[nH]c(=S)n2-c2ccccc2C)c(O)cc1O. The lowest BCUT2D eigenvalue weighted by atomic mass is 10.1. The van der Waals surface area contributed by atoms with E-state index in [0.717, 1.165) is 54.6 Å². The quantitative estimate of drug-likeness (QED) is 0.0698. The number of aromatic hydroxyl groups is 4. The van der Waals surface area contributed by atoms with Crippen LogP contribution in [-0.2, 0) is 0 Å². The molecule has 2 heterocycles. The maximum Gasteiger partial charge on any atom is 0.348 e. The van der Waals surface area contributed by atoms with Crippen LogP contribution in [0.2, 0.25) is 0 Å². The highest BCUT2D eigenvalue weighted by molar-refractivity contribution is 7.71. The maximum atomic E-state index is 12.8. The van der Waals surface area contributed by atoms with Crippen LogP contribution < -0.4 is 5.69 Å². The molecule has 0 unspecified atom stereocenters. The van der Waals surface area contributed by atoms with Crippen molar-refractivity contribution < 1.29 is 30.0 Å². The number of aromatic nitrogens is 6. The first-order valence-corrected chi connectivity index (χ1v) is 19.2. The van der Waals surface area contributed by atoms with E-state index in [1.807, 2.05) is 64.1 Å². The van der Waals surface area contributed by atoms with E-state index >= 15 is 0 Å². The summed E-state index contributed by atoms with van der Waals surface area (Å²) in [5.74, 6) is -1.30. The van der Waals surface area contributed by atoms with Gasteiger partial charge in [-0.25, -0.2) is 14.5 Å². The summed E-state index contributed by atoms with van der Waals surface area (Å²) in [5.41, 5.74) is 3.33. The molecular weight excluding hydrogens is 761 g/mol. The van der Waals surface area contributed by atoms with E-state index in [2.05, 4.69) is 20.4 Å². The van der Waals surface area contributed by atoms with Gasteiger partial charge < -0.3 is 30.2 Å². The molecule has 2 aromatic heterocycles. The van der Waals surface area contributed by atoms with Crippen LogP contribution in [0.5, 0.6) is 23.0 Å². The predicted octanol–water partition coefficient (Wildman–Crippen LogP) is 7.01. The number of amides is 2. The van der Waals surface area contributed by atoms with Crippen LogP contribution >= 0.6 is 12.2 Å². The highest BCUT2D eigenvalue weighted by atomic mass is 32.1. The summed E-state index contributed by atoms with van der Waals surface area (Å²) in [5, 5.41) is 54.9. The third kappa shape index (κ3) is 8.97. The number of benzene rings is 4. The fourth-order valence-corrected chi connectivity index (χ4v) is 6.52. The summed E-state index contributed by atoms with van der Waals surface area (Å²) in [6.07, 6.45) is 3.58. The van der Waals surface area contributed by atoms with E-state index in [0.29, 0.717) is 34.9 Å². The van der Waals surface area contributed by atoms with Crippen LogP contribution in [0.4, 0.5) is 0 Å². The van der Waals surface area contributed by atoms with Gasteiger partial charge in [-0.1, -0.05) is 63.1 Å². The summed E-state index contributed by atoms with van der Waals surface area (Å²) in [4.78, 5) is 41.1. The first kappa shape index (κ1) is 42.5. The zero-order valence-electron chi connectivity index (χ0n) is 33.3. The summed E-state index contributed by atoms with van der Waals surface area (Å²) < 4.78 is 3.39. The lowest BCUT2D eigenvalue weighted by molar-refractivity contribution is 0.0782. The van der Waals surface area contributed by atoms with Crippen LogP contribution in [-0.4, -0.2) is 98.8 Å². The fourth-order valence-electron chi connectivity index (χ4n) is 6.29. The van der Waals surface area contributed by atoms with Crippen molar-refractivity contribution in [1.82, 2.24) is 39.3 Å². The molecule has 0 saturated heterocycles. The minimum Gasteiger partial charge on any atom is -0.507 e. The van der Waals surface area contributed by atoms with Crippen LogP contribution in [0, 0.1) is 18.6 Å². The predicted molar refractivity (Wildman–Crippen MR) is 224 cm³/mol. The maximum absolute atomic E-state index is 12.8. The largest absolute Gasteiger partial charge is 0.507 e. The van der Waals surface area contributed by atoms with Gasteiger partial charge in [0, 0.05) is 39.3 Å². The van der Waals surface area contributed by atoms with E-state index in [1.54, 1.807) is 35.7 Å². The van der Waals surface area contributed by atoms with Crippen LogP contribution in [0.15, 0.2) is 77.6 Å². The van der Waals surface area contributed by atoms with Crippen LogP contribution in [0.25, 0.3) is 34.2 Å². The van der Waals surface area contributed by atoms with Crippen molar-refractivity contribution in [2.45, 2.75) is 53.4 Å². The molecule has 16 heteroatoms. The molecule has 0 fully saturated rings. The fraction of sp³-hybridized carbons (Fsp3) is 0.286. The van der Waals surface area contributed by atoms with Gasteiger partial charge in [0.05, 0.1) is 33.6 Å². The zero-order valence-corrected chi connectivity index (χ0v) is 34.1. The van der Waals surface area contributed by atoms with E-state index in [9.17, 15) is 34.8 Å². The highest BCUT2D eigenvalue weighted by Gasteiger charge is 2.25. The Morgan fingerprint density at radius 2 is 1.07 bits per heavy atom. The number of aryl methyl sites for hydroxylation is 2. The molecule has 0 spiro atoms. The number of aromatic amines is 2. The summed E-state index contributed by atoms with van der Waals surface area (Å²) in [7, 11) is 3.34. The van der Waals surface area contributed by atoms with Crippen molar-refractivity contribution in [3.8, 4) is 57.1 Å². The average molecular weight is 809 g/mol. The van der Waals surface area contributed by atoms with Gasteiger partial charge in [0.15, 0.2) is 16.4 Å². The molecule has 0 bridgehead atoms. The van der Waals surface area contributed by atoms with Crippen LogP contribution in [0.1, 0.15) is 71.4 Å². The molecule has 0 aliphatic carbocycles. The van der Waals surface area contributed by atoms with Gasteiger partial charge in [-0.05, 0) is 74.3 Å². The van der Waals surface area contributed by atoms with E-state index < -0.39 is 5.69 Å². The third-order valence-corrected chi connectivity index (χ3v) is 9.89. The Morgan fingerprint density at radius 3 is 1.52 bits per heavy atom. The molecule has 6 aromatic rings. The molecule has 6 rings (SSSR count). The smallest absolute Gasteiger partial charge is 0.348 e. The van der Waals surface area contributed by atoms with Crippen molar-refractivity contribution in [3.63, 3.8) is 0 Å². The molecule has 0 atom stereocenters. The van der Waals surface area contributed by atoms with E-state index in [-0.39, 0.29) is 57.3 Å². The molecule has 0 aliphatic rings. The zero-order chi connectivity index (χ0) is 42.3. The summed E-state index contributed by atoms with van der Waals surface area (Å²) in [6, 6.07) is 20.0. The first-order chi connectivity index (χ1) is 27.7. The number of hydrogen-bond donors (Lipinski definition) is 6. The molecule has 0 aliphatic heterocycles. The Hall–Kier alpha value is -6.68. The topological polar surface area (TPSA) is 206 Å². The summed E-state index contributed by atoms with van der Waals surface area (Å²) in [6.45, 7) is 8.99. The minimum absolute atomic E-state index is 0.0307. The number of para-hydroxylation sites is 2. The number of carbonyl (C=O) groups excluding carboxylic acids is 2. The number of phenols is 4. The Balaban J connectivity index is 0.000000221. The molecular formula is C42H48N8O7S. The third-order valence-electron chi connectivity index (χ3n) is 9.62. The van der Waals surface area contributed by atoms with Gasteiger partial charge in [0.2, 0.25) is 0 Å². The highest BCUT2D eigenvalue weighted by Crippen LogP contribution is 2.37. The normalized spacial score (nSPS) is 10.9.